The number of aromatic amines is 1. The Morgan fingerprint density at radius 2 is 2.11 bits per heavy atom. The van der Waals surface area contributed by atoms with Crippen LogP contribution in [0.25, 0.3) is 10.9 Å². The Balaban J connectivity index is 2.70. The molecule has 0 aliphatic carbocycles. The first kappa shape index (κ1) is 12.9. The monoisotopic (exact) mass is 269 g/mol. The van der Waals surface area contributed by atoms with E-state index < -0.39 is 5.82 Å². The van der Waals surface area contributed by atoms with Crippen molar-refractivity contribution in [3.8, 4) is 5.75 Å². The minimum absolute atomic E-state index is 0.0337. The van der Waals surface area contributed by atoms with Gasteiger partial charge in [0.15, 0.2) is 5.78 Å². The second-order valence-electron chi connectivity index (χ2n) is 4.37. The number of hydrogen-bond acceptors (Lipinski definition) is 2. The van der Waals surface area contributed by atoms with Crippen molar-refractivity contribution in [2.24, 2.45) is 5.92 Å². The third kappa shape index (κ3) is 1.97. The number of halogens is 2. The molecule has 1 N–H and O–H groups in total. The highest BCUT2D eigenvalue weighted by atomic mass is 35.5. The van der Waals surface area contributed by atoms with Crippen molar-refractivity contribution in [1.82, 2.24) is 4.98 Å². The fourth-order valence-electron chi connectivity index (χ4n) is 1.81. The molecule has 3 nitrogen and oxygen atoms in total. The Kier molecular flexibility index (Phi) is 3.30. The van der Waals surface area contributed by atoms with Crippen LogP contribution in [0.4, 0.5) is 4.39 Å². The van der Waals surface area contributed by atoms with E-state index in [1.54, 1.807) is 19.9 Å². The molecule has 1 aromatic carbocycles. The van der Waals surface area contributed by atoms with E-state index in [0.717, 1.165) is 0 Å². The molecule has 5 heteroatoms. The van der Waals surface area contributed by atoms with Crippen molar-refractivity contribution >= 4 is 28.3 Å². The van der Waals surface area contributed by atoms with Gasteiger partial charge in [-0.05, 0) is 6.07 Å². The van der Waals surface area contributed by atoms with Crippen LogP contribution in [-0.4, -0.2) is 17.9 Å². The minimum Gasteiger partial charge on any atom is -0.496 e. The first-order valence-electron chi connectivity index (χ1n) is 5.54. The fraction of sp³-hybridized carbons (Fsp3) is 0.308. The molecule has 0 spiro atoms. The lowest BCUT2D eigenvalue weighted by Crippen LogP contribution is -2.07. The van der Waals surface area contributed by atoms with E-state index in [1.807, 2.05) is 0 Å². The molecule has 0 bridgehead atoms. The number of H-pyrrole nitrogens is 1. The van der Waals surface area contributed by atoms with Crippen LogP contribution in [0.2, 0.25) is 5.02 Å². The van der Waals surface area contributed by atoms with E-state index in [-0.39, 0.29) is 16.7 Å². The first-order valence-corrected chi connectivity index (χ1v) is 5.92. The van der Waals surface area contributed by atoms with Crippen LogP contribution >= 0.6 is 11.6 Å². The van der Waals surface area contributed by atoms with Crippen LogP contribution in [0.3, 0.4) is 0 Å². The van der Waals surface area contributed by atoms with Gasteiger partial charge in [-0.25, -0.2) is 4.39 Å². The second-order valence-corrected chi connectivity index (χ2v) is 4.74. The maximum atomic E-state index is 13.5. The number of carbonyl (C=O) groups is 1. The van der Waals surface area contributed by atoms with Crippen molar-refractivity contribution in [2.75, 3.05) is 7.11 Å². The van der Waals surface area contributed by atoms with Crippen molar-refractivity contribution in [2.45, 2.75) is 13.8 Å². The molecule has 0 atom stereocenters. The zero-order valence-electron chi connectivity index (χ0n) is 10.3. The summed E-state index contributed by atoms with van der Waals surface area (Å²) < 4.78 is 18.6. The highest BCUT2D eigenvalue weighted by molar-refractivity contribution is 6.35. The Morgan fingerprint density at radius 3 is 2.67 bits per heavy atom. The number of rotatable bonds is 3. The maximum absolute atomic E-state index is 13.5. The first-order chi connectivity index (χ1) is 8.45. The number of aromatic nitrogens is 1. The number of hydrogen-bond donors (Lipinski definition) is 1. The molecule has 0 fully saturated rings. The molecule has 2 aromatic rings. The summed E-state index contributed by atoms with van der Waals surface area (Å²) in [6.45, 7) is 3.60. The summed E-state index contributed by atoms with van der Waals surface area (Å²) in [7, 11) is 1.44. The molecule has 0 saturated carbocycles. The Hall–Kier alpha value is -1.55. The van der Waals surface area contributed by atoms with Crippen LogP contribution in [0.5, 0.6) is 5.75 Å². The van der Waals surface area contributed by atoms with Gasteiger partial charge in [-0.15, -0.1) is 0 Å². The minimum atomic E-state index is -0.577. The lowest BCUT2D eigenvalue weighted by Gasteiger charge is -2.03. The highest BCUT2D eigenvalue weighted by Crippen LogP contribution is 2.34. The summed E-state index contributed by atoms with van der Waals surface area (Å²) in [5.41, 5.74) is 0.795. The zero-order valence-corrected chi connectivity index (χ0v) is 11.1. The predicted molar refractivity (Wildman–Crippen MR) is 69.0 cm³/mol. The number of Topliss-reactive ketones (excluding diaryl/α,β-unsaturated/α-hetero) is 1. The molecule has 2 rings (SSSR count). The number of fused-ring (bicyclic) bond motifs is 1. The van der Waals surface area contributed by atoms with Gasteiger partial charge in [-0.2, -0.15) is 0 Å². The molecule has 0 unspecified atom stereocenters. The smallest absolute Gasteiger partial charge is 0.181 e. The van der Waals surface area contributed by atoms with Gasteiger partial charge in [-0.3, -0.25) is 4.79 Å². The molecule has 96 valence electrons. The van der Waals surface area contributed by atoms with Crippen molar-refractivity contribution in [1.29, 1.82) is 0 Å². The topological polar surface area (TPSA) is 42.1 Å². The summed E-state index contributed by atoms with van der Waals surface area (Å²) in [5.74, 6) is -0.422. The summed E-state index contributed by atoms with van der Waals surface area (Å²) in [5, 5.41) is 0.571. The standard InChI is InChI=1S/C13H13ClFNO2/c1-6(2)13(17)9-4-7-10(18-3)5-8(15)11(14)12(7)16-9/h4-6,16H,1-3H3. The average molecular weight is 270 g/mol. The second kappa shape index (κ2) is 4.61. The van der Waals surface area contributed by atoms with Gasteiger partial charge in [0, 0.05) is 17.4 Å². The number of benzene rings is 1. The van der Waals surface area contributed by atoms with E-state index in [0.29, 0.717) is 22.3 Å². The number of methoxy groups -OCH3 is 1. The van der Waals surface area contributed by atoms with E-state index in [4.69, 9.17) is 16.3 Å². The number of nitrogens with one attached hydrogen (secondary N) is 1. The lowest BCUT2D eigenvalue weighted by molar-refractivity contribution is 0.0935. The molecule has 0 aliphatic heterocycles. The Labute approximate surface area is 109 Å². The van der Waals surface area contributed by atoms with E-state index in [9.17, 15) is 9.18 Å². The molecule has 1 aromatic heterocycles. The molecule has 18 heavy (non-hydrogen) atoms. The van der Waals surface area contributed by atoms with Crippen LogP contribution in [0.15, 0.2) is 12.1 Å². The summed E-state index contributed by atoms with van der Waals surface area (Å²) in [4.78, 5) is 14.8. The highest BCUT2D eigenvalue weighted by Gasteiger charge is 2.18. The van der Waals surface area contributed by atoms with Crippen molar-refractivity contribution in [3.63, 3.8) is 0 Å². The number of ether oxygens (including phenoxy) is 1. The Bertz CT molecular complexity index is 619. The van der Waals surface area contributed by atoms with E-state index >= 15 is 0 Å². The third-order valence-corrected chi connectivity index (χ3v) is 3.15. The molecule has 1 heterocycles. The van der Waals surface area contributed by atoms with Gasteiger partial charge in [-0.1, -0.05) is 25.4 Å². The SMILES string of the molecule is COc1cc(F)c(Cl)c2[nH]c(C(=O)C(C)C)cc12. The van der Waals surface area contributed by atoms with Gasteiger partial charge in [0.1, 0.15) is 16.6 Å². The predicted octanol–water partition coefficient (Wildman–Crippen LogP) is 3.81. The zero-order chi connectivity index (χ0) is 13.4. The summed E-state index contributed by atoms with van der Waals surface area (Å²) in [6, 6.07) is 2.85. The van der Waals surface area contributed by atoms with Gasteiger partial charge in [0.2, 0.25) is 0 Å². The van der Waals surface area contributed by atoms with Crippen LogP contribution in [-0.2, 0) is 0 Å². The number of ketones is 1. The molecular formula is C13H13ClFNO2. The van der Waals surface area contributed by atoms with Crippen LogP contribution in [0.1, 0.15) is 24.3 Å². The third-order valence-electron chi connectivity index (χ3n) is 2.78. The Morgan fingerprint density at radius 1 is 1.44 bits per heavy atom. The number of carbonyl (C=O) groups excluding carboxylic acids is 1. The van der Waals surface area contributed by atoms with Crippen molar-refractivity contribution in [3.05, 3.63) is 28.7 Å². The summed E-state index contributed by atoms with van der Waals surface area (Å²) in [6.07, 6.45) is 0. The normalized spacial score (nSPS) is 11.2. The lowest BCUT2D eigenvalue weighted by atomic mass is 10.1. The van der Waals surface area contributed by atoms with Gasteiger partial charge in [0.05, 0.1) is 18.3 Å². The quantitative estimate of drug-likeness (QED) is 0.861. The van der Waals surface area contributed by atoms with Crippen LogP contribution < -0.4 is 4.74 Å². The van der Waals surface area contributed by atoms with Crippen molar-refractivity contribution < 1.29 is 13.9 Å². The molecular weight excluding hydrogens is 257 g/mol. The van der Waals surface area contributed by atoms with E-state index in [2.05, 4.69) is 4.98 Å². The molecule has 0 saturated heterocycles. The fourth-order valence-corrected chi connectivity index (χ4v) is 2.01. The maximum Gasteiger partial charge on any atom is 0.181 e. The molecule has 0 radical (unpaired) electrons. The van der Waals surface area contributed by atoms with Crippen LogP contribution in [0, 0.1) is 11.7 Å². The van der Waals surface area contributed by atoms with Gasteiger partial charge in [0.25, 0.3) is 0 Å². The van der Waals surface area contributed by atoms with Gasteiger partial charge < -0.3 is 9.72 Å². The molecule has 0 aliphatic rings. The summed E-state index contributed by atoms with van der Waals surface area (Å²) >= 11 is 5.88. The molecule has 0 amide bonds. The van der Waals surface area contributed by atoms with Gasteiger partial charge >= 0.3 is 0 Å². The van der Waals surface area contributed by atoms with E-state index in [1.165, 1.54) is 13.2 Å². The largest absolute Gasteiger partial charge is 0.496 e. The average Bonchev–Trinajstić information content (AvgIpc) is 2.77.